The topological polar surface area (TPSA) is 107 Å². The summed E-state index contributed by atoms with van der Waals surface area (Å²) in [7, 11) is 0. The lowest BCUT2D eigenvalue weighted by atomic mass is 10.1. The van der Waals surface area contributed by atoms with Crippen molar-refractivity contribution in [3.05, 3.63) is 58.0 Å². The maximum atomic E-state index is 12.9. The van der Waals surface area contributed by atoms with Gasteiger partial charge in [0.1, 0.15) is 26.1 Å². The summed E-state index contributed by atoms with van der Waals surface area (Å²) in [5.74, 6) is -1.45. The Labute approximate surface area is 220 Å². The summed E-state index contributed by atoms with van der Waals surface area (Å²) in [6, 6.07) is 9.94. The molecule has 0 saturated carbocycles. The molecule has 186 valence electrons. The fourth-order valence-corrected chi connectivity index (χ4v) is 6.42. The van der Waals surface area contributed by atoms with Crippen LogP contribution < -0.4 is 5.32 Å². The molecule has 0 aliphatic heterocycles. The van der Waals surface area contributed by atoms with Crippen LogP contribution in [0.3, 0.4) is 0 Å². The van der Waals surface area contributed by atoms with Crippen LogP contribution in [0.5, 0.6) is 0 Å². The average molecular weight is 542 g/mol. The molecule has 11 heteroatoms. The van der Waals surface area contributed by atoms with E-state index in [2.05, 4.69) is 15.3 Å². The summed E-state index contributed by atoms with van der Waals surface area (Å²) in [6.07, 6.45) is 1.49. The molecule has 0 aliphatic carbocycles. The van der Waals surface area contributed by atoms with Crippen molar-refractivity contribution in [2.75, 3.05) is 24.3 Å². The number of amides is 1. The Balaban J connectivity index is 1.57. The van der Waals surface area contributed by atoms with Gasteiger partial charge in [0, 0.05) is 10.9 Å². The Hall–Kier alpha value is -3.28. The number of hydrogen-bond donors (Lipinski definition) is 1. The van der Waals surface area contributed by atoms with Gasteiger partial charge in [0.25, 0.3) is 0 Å². The number of fused-ring (bicyclic) bond motifs is 1. The summed E-state index contributed by atoms with van der Waals surface area (Å²) in [5, 5.41) is 6.66. The quantitative estimate of drug-likeness (QED) is 0.161. The number of carbonyl (C=O) groups is 3. The van der Waals surface area contributed by atoms with Crippen molar-refractivity contribution in [1.82, 2.24) is 9.97 Å². The molecule has 0 fully saturated rings. The first-order valence-corrected chi connectivity index (χ1v) is 13.8. The standard InChI is InChI=1S/C25H23N3O5S3/c1-4-32-24(30)18-14(3)20(25(31)33-5-2)36-23(18)28-17(29)12-35-22-19-16(15-9-7-6-8-10-15)11-34-21(19)26-13-27-22/h6-11,13H,4-5,12H2,1-3H3,(H,28,29). The highest BCUT2D eigenvalue weighted by molar-refractivity contribution is 8.00. The van der Waals surface area contributed by atoms with Crippen LogP contribution in [0.4, 0.5) is 5.00 Å². The van der Waals surface area contributed by atoms with E-state index >= 15 is 0 Å². The summed E-state index contributed by atoms with van der Waals surface area (Å²) < 4.78 is 10.2. The molecule has 0 atom stereocenters. The van der Waals surface area contributed by atoms with Gasteiger partial charge in [-0.25, -0.2) is 19.6 Å². The second-order valence-corrected chi connectivity index (χ2v) is 10.3. The lowest BCUT2D eigenvalue weighted by Crippen LogP contribution is -2.16. The van der Waals surface area contributed by atoms with Gasteiger partial charge in [-0.15, -0.1) is 22.7 Å². The third kappa shape index (κ3) is 5.43. The van der Waals surface area contributed by atoms with E-state index in [-0.39, 0.29) is 40.3 Å². The third-order valence-corrected chi connectivity index (χ3v) is 8.16. The summed E-state index contributed by atoms with van der Waals surface area (Å²) in [4.78, 5) is 47.8. The van der Waals surface area contributed by atoms with Crippen LogP contribution in [0.2, 0.25) is 0 Å². The number of rotatable bonds is 9. The van der Waals surface area contributed by atoms with Crippen molar-refractivity contribution >= 4 is 67.5 Å². The van der Waals surface area contributed by atoms with Gasteiger partial charge in [-0.3, -0.25) is 4.79 Å². The van der Waals surface area contributed by atoms with E-state index in [0.717, 1.165) is 32.7 Å². The highest BCUT2D eigenvalue weighted by Gasteiger charge is 2.27. The van der Waals surface area contributed by atoms with E-state index in [0.29, 0.717) is 10.6 Å². The highest BCUT2D eigenvalue weighted by Crippen LogP contribution is 2.38. The molecular formula is C25H23N3O5S3. The molecule has 8 nitrogen and oxygen atoms in total. The Bertz CT molecular complexity index is 1420. The van der Waals surface area contributed by atoms with Gasteiger partial charge in [-0.2, -0.15) is 0 Å². The van der Waals surface area contributed by atoms with Gasteiger partial charge < -0.3 is 14.8 Å². The maximum Gasteiger partial charge on any atom is 0.348 e. The largest absolute Gasteiger partial charge is 0.462 e. The monoisotopic (exact) mass is 541 g/mol. The lowest BCUT2D eigenvalue weighted by Gasteiger charge is -2.08. The molecule has 1 amide bonds. The van der Waals surface area contributed by atoms with Crippen LogP contribution in [0, 0.1) is 6.92 Å². The number of thiophene rings is 2. The number of nitrogens with one attached hydrogen (secondary N) is 1. The van der Waals surface area contributed by atoms with E-state index < -0.39 is 11.9 Å². The number of hydrogen-bond acceptors (Lipinski definition) is 10. The molecule has 1 aromatic carbocycles. The summed E-state index contributed by atoms with van der Waals surface area (Å²) >= 11 is 3.80. The normalized spacial score (nSPS) is 10.9. The van der Waals surface area contributed by atoms with Gasteiger partial charge in [-0.1, -0.05) is 42.1 Å². The highest BCUT2D eigenvalue weighted by atomic mass is 32.2. The average Bonchev–Trinajstić information content (AvgIpc) is 3.45. The zero-order chi connectivity index (χ0) is 25.7. The Morgan fingerprint density at radius 3 is 2.47 bits per heavy atom. The second-order valence-electron chi connectivity index (χ2n) is 7.41. The molecule has 1 N–H and O–H groups in total. The van der Waals surface area contributed by atoms with Gasteiger partial charge in [-0.05, 0) is 31.9 Å². The van der Waals surface area contributed by atoms with Crippen molar-refractivity contribution in [2.24, 2.45) is 0 Å². The molecule has 3 aromatic heterocycles. The van der Waals surface area contributed by atoms with Crippen molar-refractivity contribution < 1.29 is 23.9 Å². The molecule has 0 bridgehead atoms. The zero-order valence-electron chi connectivity index (χ0n) is 19.8. The van der Waals surface area contributed by atoms with Crippen molar-refractivity contribution in [1.29, 1.82) is 0 Å². The molecule has 0 aliphatic rings. The van der Waals surface area contributed by atoms with E-state index in [1.165, 1.54) is 29.4 Å². The van der Waals surface area contributed by atoms with Crippen LogP contribution in [0.15, 0.2) is 47.1 Å². The summed E-state index contributed by atoms with van der Waals surface area (Å²) in [5.41, 5.74) is 2.64. The summed E-state index contributed by atoms with van der Waals surface area (Å²) in [6.45, 7) is 5.40. The molecule has 0 spiro atoms. The minimum atomic E-state index is -0.604. The van der Waals surface area contributed by atoms with Crippen LogP contribution in [0.25, 0.3) is 21.3 Å². The van der Waals surface area contributed by atoms with Gasteiger partial charge in [0.2, 0.25) is 5.91 Å². The molecule has 3 heterocycles. The van der Waals surface area contributed by atoms with Crippen LogP contribution in [-0.2, 0) is 14.3 Å². The maximum absolute atomic E-state index is 12.9. The van der Waals surface area contributed by atoms with Crippen molar-refractivity contribution in [3.63, 3.8) is 0 Å². The number of esters is 2. The number of thioether (sulfide) groups is 1. The van der Waals surface area contributed by atoms with Gasteiger partial charge in [0.15, 0.2) is 0 Å². The number of carbonyl (C=O) groups excluding carboxylic acids is 3. The first-order chi connectivity index (χ1) is 17.4. The van der Waals surface area contributed by atoms with E-state index in [1.54, 1.807) is 20.8 Å². The third-order valence-electron chi connectivity index (χ3n) is 5.10. The fraction of sp³-hybridized carbons (Fsp3) is 0.240. The Morgan fingerprint density at radius 1 is 1.03 bits per heavy atom. The molecule has 0 unspecified atom stereocenters. The SMILES string of the molecule is CCOC(=O)c1sc(NC(=O)CSc2ncnc3scc(-c4ccccc4)c23)c(C(=O)OCC)c1C. The molecule has 36 heavy (non-hydrogen) atoms. The second kappa shape index (κ2) is 11.6. The fourth-order valence-electron chi connectivity index (χ4n) is 3.53. The van der Waals surface area contributed by atoms with Crippen LogP contribution in [0.1, 0.15) is 39.4 Å². The molecule has 4 rings (SSSR count). The van der Waals surface area contributed by atoms with Gasteiger partial charge >= 0.3 is 11.9 Å². The smallest absolute Gasteiger partial charge is 0.348 e. The van der Waals surface area contributed by atoms with E-state index in [4.69, 9.17) is 9.47 Å². The van der Waals surface area contributed by atoms with E-state index in [9.17, 15) is 14.4 Å². The minimum Gasteiger partial charge on any atom is -0.462 e. The molecule has 4 aromatic rings. The predicted octanol–water partition coefficient (Wildman–Crippen LogP) is 5.81. The minimum absolute atomic E-state index is 0.0458. The first kappa shape index (κ1) is 25.8. The molecule has 0 radical (unpaired) electrons. The number of aromatic nitrogens is 2. The number of benzene rings is 1. The Kier molecular flexibility index (Phi) is 8.34. The molecular weight excluding hydrogens is 518 g/mol. The molecule has 0 saturated heterocycles. The zero-order valence-corrected chi connectivity index (χ0v) is 22.3. The Morgan fingerprint density at radius 2 is 1.75 bits per heavy atom. The lowest BCUT2D eigenvalue weighted by molar-refractivity contribution is -0.113. The number of anilines is 1. The van der Waals surface area contributed by atoms with Crippen LogP contribution in [-0.4, -0.2) is 46.8 Å². The van der Waals surface area contributed by atoms with Crippen LogP contribution >= 0.6 is 34.4 Å². The predicted molar refractivity (Wildman–Crippen MR) is 143 cm³/mol. The van der Waals surface area contributed by atoms with Gasteiger partial charge in [0.05, 0.1) is 29.9 Å². The van der Waals surface area contributed by atoms with E-state index in [1.807, 2.05) is 35.7 Å². The number of nitrogens with zero attached hydrogens (tertiary/aromatic N) is 2. The van der Waals surface area contributed by atoms with Crippen molar-refractivity contribution in [3.8, 4) is 11.1 Å². The van der Waals surface area contributed by atoms with Crippen molar-refractivity contribution in [2.45, 2.75) is 25.8 Å². The number of ether oxygens (including phenoxy) is 2. The first-order valence-electron chi connectivity index (χ1n) is 11.1.